The van der Waals surface area contributed by atoms with Crippen molar-refractivity contribution < 1.29 is 29.3 Å². The van der Waals surface area contributed by atoms with E-state index >= 15 is 0 Å². The van der Waals surface area contributed by atoms with Gasteiger partial charge in [0.25, 0.3) is 0 Å². The molecule has 0 aliphatic rings. The third-order valence-electron chi connectivity index (χ3n) is 2.11. The largest absolute Gasteiger partial charge is 0.506 e. The van der Waals surface area contributed by atoms with Gasteiger partial charge in [0, 0.05) is 0 Å². The molecule has 2 N–H and O–H groups in total. The quantitative estimate of drug-likeness (QED) is 0.709. The molecule has 0 aromatic rings. The predicted molar refractivity (Wildman–Crippen MR) is 55.5 cm³/mol. The van der Waals surface area contributed by atoms with Crippen molar-refractivity contribution in [3.05, 3.63) is 0 Å². The van der Waals surface area contributed by atoms with Gasteiger partial charge in [0.05, 0.1) is 0 Å². The van der Waals surface area contributed by atoms with Gasteiger partial charge in [-0.2, -0.15) is 0 Å². The first-order chi connectivity index (χ1) is 7.25. The zero-order valence-corrected chi connectivity index (χ0v) is 9.84. The summed E-state index contributed by atoms with van der Waals surface area (Å²) in [7, 11) is 0. The molecular formula is C10H18O6. The Hall–Kier alpha value is -1.46. The Balaban J connectivity index is 4.79. The van der Waals surface area contributed by atoms with Crippen LogP contribution in [0.15, 0.2) is 0 Å². The molecule has 0 bridgehead atoms. The normalized spacial score (nSPS) is 14.6. The van der Waals surface area contributed by atoms with Crippen LogP contribution >= 0.6 is 0 Å². The Morgan fingerprint density at radius 3 is 1.19 bits per heavy atom. The molecule has 2 atom stereocenters. The Morgan fingerprint density at radius 2 is 1.06 bits per heavy atom. The maximum atomic E-state index is 10.5. The van der Waals surface area contributed by atoms with Crippen LogP contribution < -0.4 is 0 Å². The average molecular weight is 234 g/mol. The lowest BCUT2D eigenvalue weighted by Crippen LogP contribution is -2.41. The molecule has 0 saturated heterocycles. The fourth-order valence-electron chi connectivity index (χ4n) is 1.40. The monoisotopic (exact) mass is 234 g/mol. The summed E-state index contributed by atoms with van der Waals surface area (Å²) in [6, 6.07) is 0. The van der Waals surface area contributed by atoms with Crippen LogP contribution in [-0.4, -0.2) is 34.7 Å². The molecule has 0 fully saturated rings. The molecule has 6 nitrogen and oxygen atoms in total. The summed E-state index contributed by atoms with van der Waals surface area (Å²) in [5.74, 6) is -0.328. The van der Waals surface area contributed by atoms with Crippen LogP contribution in [0, 0.1) is 11.8 Å². The highest BCUT2D eigenvalue weighted by Crippen LogP contribution is 2.21. The fraction of sp³-hybridized carbons (Fsp3) is 0.800. The van der Waals surface area contributed by atoms with Crippen LogP contribution in [0.1, 0.15) is 27.7 Å². The van der Waals surface area contributed by atoms with E-state index in [1.54, 1.807) is 27.7 Å². The smallest absolute Gasteiger partial charge is 0.450 e. The molecule has 0 aromatic heterocycles. The average Bonchev–Trinajstić information content (AvgIpc) is 2.09. The van der Waals surface area contributed by atoms with Crippen molar-refractivity contribution >= 4 is 12.3 Å². The molecule has 94 valence electrons. The van der Waals surface area contributed by atoms with Crippen LogP contribution in [-0.2, 0) is 9.47 Å². The molecule has 0 aliphatic heterocycles. The second-order valence-electron chi connectivity index (χ2n) is 4.18. The molecule has 6 heteroatoms. The van der Waals surface area contributed by atoms with E-state index in [2.05, 4.69) is 9.47 Å². The number of carboxylic acid groups (broad SMARTS) is 2. The van der Waals surface area contributed by atoms with Crippen LogP contribution in [0.3, 0.4) is 0 Å². The molecule has 16 heavy (non-hydrogen) atoms. The van der Waals surface area contributed by atoms with E-state index in [1.807, 2.05) is 0 Å². The van der Waals surface area contributed by atoms with Gasteiger partial charge >= 0.3 is 12.3 Å². The summed E-state index contributed by atoms with van der Waals surface area (Å²) in [5.41, 5.74) is 0. The van der Waals surface area contributed by atoms with Crippen LogP contribution in [0.2, 0.25) is 0 Å². The highest BCUT2D eigenvalue weighted by Gasteiger charge is 2.33. The number of ether oxygens (including phenoxy) is 2. The molecular weight excluding hydrogens is 216 g/mol. The summed E-state index contributed by atoms with van der Waals surface area (Å²) >= 11 is 0. The summed E-state index contributed by atoms with van der Waals surface area (Å²) < 4.78 is 9.33. The van der Waals surface area contributed by atoms with Crippen molar-refractivity contribution in [1.29, 1.82) is 0 Å². The predicted octanol–water partition coefficient (Wildman–Crippen LogP) is 2.42. The van der Waals surface area contributed by atoms with Gasteiger partial charge in [-0.3, -0.25) is 0 Å². The van der Waals surface area contributed by atoms with Gasteiger partial charge in [-0.25, -0.2) is 9.59 Å². The van der Waals surface area contributed by atoms with Crippen molar-refractivity contribution in [3.8, 4) is 0 Å². The highest BCUT2D eigenvalue weighted by molar-refractivity contribution is 5.58. The van der Waals surface area contributed by atoms with E-state index in [0.717, 1.165) is 0 Å². The Kier molecular flexibility index (Phi) is 5.63. The Bertz CT molecular complexity index is 222. The van der Waals surface area contributed by atoms with Gasteiger partial charge in [-0.15, -0.1) is 0 Å². The van der Waals surface area contributed by atoms with E-state index in [-0.39, 0.29) is 11.8 Å². The highest BCUT2D eigenvalue weighted by atomic mass is 16.7. The second kappa shape index (κ2) is 6.19. The minimum atomic E-state index is -1.43. The van der Waals surface area contributed by atoms with Gasteiger partial charge in [-0.05, 0) is 11.8 Å². The van der Waals surface area contributed by atoms with E-state index in [0.29, 0.717) is 0 Å². The molecule has 0 aromatic carbocycles. The minimum Gasteiger partial charge on any atom is -0.450 e. The minimum absolute atomic E-state index is 0.164. The SMILES string of the molecule is CC(C)C(OC(=O)O)C(OC(=O)O)C(C)C. The van der Waals surface area contributed by atoms with Gasteiger partial charge in [-0.1, -0.05) is 27.7 Å². The summed E-state index contributed by atoms with van der Waals surface area (Å²) in [6.45, 7) is 6.98. The van der Waals surface area contributed by atoms with Gasteiger partial charge < -0.3 is 19.7 Å². The lowest BCUT2D eigenvalue weighted by molar-refractivity contribution is -0.0740. The van der Waals surface area contributed by atoms with Crippen LogP contribution in [0.4, 0.5) is 9.59 Å². The summed E-state index contributed by atoms with van der Waals surface area (Å²) in [4.78, 5) is 21.0. The molecule has 2 unspecified atom stereocenters. The molecule has 0 heterocycles. The van der Waals surface area contributed by atoms with E-state index in [9.17, 15) is 9.59 Å². The zero-order chi connectivity index (χ0) is 12.9. The maximum Gasteiger partial charge on any atom is 0.506 e. The van der Waals surface area contributed by atoms with Crippen molar-refractivity contribution in [3.63, 3.8) is 0 Å². The topological polar surface area (TPSA) is 93.1 Å². The number of rotatable bonds is 5. The van der Waals surface area contributed by atoms with E-state index in [1.165, 1.54) is 0 Å². The van der Waals surface area contributed by atoms with E-state index < -0.39 is 24.5 Å². The fourth-order valence-corrected chi connectivity index (χ4v) is 1.40. The molecule has 0 rings (SSSR count). The molecule has 0 saturated carbocycles. The van der Waals surface area contributed by atoms with Crippen molar-refractivity contribution in [1.82, 2.24) is 0 Å². The van der Waals surface area contributed by atoms with Gasteiger partial charge in [0.1, 0.15) is 12.2 Å². The zero-order valence-electron chi connectivity index (χ0n) is 9.84. The Labute approximate surface area is 94.2 Å². The van der Waals surface area contributed by atoms with Crippen molar-refractivity contribution in [2.24, 2.45) is 11.8 Å². The maximum absolute atomic E-state index is 10.5. The van der Waals surface area contributed by atoms with Gasteiger partial charge in [0.2, 0.25) is 0 Å². The first kappa shape index (κ1) is 14.5. The first-order valence-electron chi connectivity index (χ1n) is 5.04. The van der Waals surface area contributed by atoms with Crippen LogP contribution in [0.25, 0.3) is 0 Å². The lowest BCUT2D eigenvalue weighted by atomic mass is 9.93. The lowest BCUT2D eigenvalue weighted by Gasteiger charge is -2.30. The number of carbonyl (C=O) groups is 2. The number of hydrogen-bond acceptors (Lipinski definition) is 4. The van der Waals surface area contributed by atoms with Gasteiger partial charge in [0.15, 0.2) is 0 Å². The Morgan fingerprint density at radius 1 is 0.812 bits per heavy atom. The van der Waals surface area contributed by atoms with Crippen molar-refractivity contribution in [2.45, 2.75) is 39.9 Å². The molecule has 0 amide bonds. The number of hydrogen-bond donors (Lipinski definition) is 2. The van der Waals surface area contributed by atoms with Crippen LogP contribution in [0.5, 0.6) is 0 Å². The molecule has 0 radical (unpaired) electrons. The molecule has 0 spiro atoms. The standard InChI is InChI=1S/C10H18O6/c1-5(2)7(15-9(11)12)8(6(3)4)16-10(13)14/h5-8H,1-4H3,(H,11,12)(H,13,14). The van der Waals surface area contributed by atoms with Crippen molar-refractivity contribution in [2.75, 3.05) is 0 Å². The first-order valence-corrected chi connectivity index (χ1v) is 5.04. The third kappa shape index (κ3) is 4.86. The molecule has 0 aliphatic carbocycles. The third-order valence-corrected chi connectivity index (χ3v) is 2.11. The second-order valence-corrected chi connectivity index (χ2v) is 4.18. The summed E-state index contributed by atoms with van der Waals surface area (Å²) in [6.07, 6.45) is -4.46. The summed E-state index contributed by atoms with van der Waals surface area (Å²) in [5, 5.41) is 17.1. The van der Waals surface area contributed by atoms with E-state index in [4.69, 9.17) is 10.2 Å².